The van der Waals surface area contributed by atoms with Crippen LogP contribution >= 0.6 is 22.9 Å². The number of methoxy groups -OCH3 is 1. The van der Waals surface area contributed by atoms with E-state index in [2.05, 4.69) is 15.3 Å². The maximum absolute atomic E-state index is 13.4. The molecule has 9 heteroatoms. The van der Waals surface area contributed by atoms with Crippen molar-refractivity contribution in [1.82, 2.24) is 19.8 Å². The zero-order valence-electron chi connectivity index (χ0n) is 13.4. The van der Waals surface area contributed by atoms with Crippen molar-refractivity contribution < 1.29 is 13.5 Å². The van der Waals surface area contributed by atoms with Gasteiger partial charge in [-0.25, -0.2) is 8.78 Å². The Bertz CT molecular complexity index is 1090. The number of rotatable bonds is 4. The predicted octanol–water partition coefficient (Wildman–Crippen LogP) is 4.38. The first-order valence-corrected chi connectivity index (χ1v) is 8.73. The largest absolute Gasteiger partial charge is 0.496 e. The highest BCUT2D eigenvalue weighted by atomic mass is 35.5. The molecule has 0 radical (unpaired) electrons. The zero-order valence-corrected chi connectivity index (χ0v) is 15.0. The SMILES string of the molecule is COc1ccc(Cl)cc1-c1nn2c(Cc3cc(F)cc(F)c3)nnc2s1. The summed E-state index contributed by atoms with van der Waals surface area (Å²) < 4.78 is 33.7. The number of halogens is 3. The number of hydrogen-bond donors (Lipinski definition) is 0. The second-order valence-corrected chi connectivity index (χ2v) is 6.91. The van der Waals surface area contributed by atoms with Crippen LogP contribution in [0.15, 0.2) is 36.4 Å². The average molecular weight is 393 g/mol. The summed E-state index contributed by atoms with van der Waals surface area (Å²) in [6, 6.07) is 8.60. The summed E-state index contributed by atoms with van der Waals surface area (Å²) in [7, 11) is 1.57. The molecule has 0 unspecified atom stereocenters. The minimum absolute atomic E-state index is 0.200. The average Bonchev–Trinajstić information content (AvgIpc) is 3.16. The summed E-state index contributed by atoms with van der Waals surface area (Å²) >= 11 is 7.40. The maximum atomic E-state index is 13.4. The number of fused-ring (bicyclic) bond motifs is 1. The van der Waals surface area contributed by atoms with Gasteiger partial charge in [-0.2, -0.15) is 9.61 Å². The molecule has 0 N–H and O–H groups in total. The van der Waals surface area contributed by atoms with Gasteiger partial charge in [-0.05, 0) is 35.9 Å². The van der Waals surface area contributed by atoms with Crippen LogP contribution in [0.5, 0.6) is 5.75 Å². The number of ether oxygens (including phenoxy) is 1. The molecule has 0 fully saturated rings. The van der Waals surface area contributed by atoms with Crippen molar-refractivity contribution >= 4 is 27.9 Å². The number of hydrogen-bond acceptors (Lipinski definition) is 5. The Morgan fingerprint density at radius 3 is 2.62 bits per heavy atom. The van der Waals surface area contributed by atoms with E-state index in [0.29, 0.717) is 32.1 Å². The molecule has 0 aliphatic heterocycles. The fraction of sp³-hybridized carbons (Fsp3) is 0.118. The third-order valence-electron chi connectivity index (χ3n) is 3.73. The molecular formula is C17H11ClF2N4OS. The van der Waals surface area contributed by atoms with Gasteiger partial charge in [-0.3, -0.25) is 0 Å². The van der Waals surface area contributed by atoms with Gasteiger partial charge < -0.3 is 4.74 Å². The molecule has 2 aromatic heterocycles. The van der Waals surface area contributed by atoms with Crippen LogP contribution in [-0.4, -0.2) is 26.9 Å². The van der Waals surface area contributed by atoms with Gasteiger partial charge in [0.25, 0.3) is 0 Å². The highest BCUT2D eigenvalue weighted by Gasteiger charge is 2.17. The van der Waals surface area contributed by atoms with Crippen LogP contribution in [0.25, 0.3) is 15.5 Å². The molecule has 0 spiro atoms. The van der Waals surface area contributed by atoms with E-state index >= 15 is 0 Å². The van der Waals surface area contributed by atoms with Gasteiger partial charge in [-0.1, -0.05) is 22.9 Å². The monoisotopic (exact) mass is 392 g/mol. The molecule has 132 valence electrons. The summed E-state index contributed by atoms with van der Waals surface area (Å²) in [5, 5.41) is 13.9. The number of benzene rings is 2. The van der Waals surface area contributed by atoms with Crippen molar-refractivity contribution in [1.29, 1.82) is 0 Å². The van der Waals surface area contributed by atoms with Crippen LogP contribution < -0.4 is 4.74 Å². The molecule has 0 aliphatic carbocycles. The first-order chi connectivity index (χ1) is 12.5. The van der Waals surface area contributed by atoms with E-state index in [0.717, 1.165) is 11.6 Å². The first kappa shape index (κ1) is 16.9. The molecule has 0 atom stereocenters. The molecular weight excluding hydrogens is 382 g/mol. The van der Waals surface area contributed by atoms with Gasteiger partial charge >= 0.3 is 0 Å². The summed E-state index contributed by atoms with van der Waals surface area (Å²) in [4.78, 5) is 0.564. The van der Waals surface area contributed by atoms with Gasteiger partial charge in [0.1, 0.15) is 17.4 Å². The van der Waals surface area contributed by atoms with Crippen molar-refractivity contribution in [2.45, 2.75) is 6.42 Å². The second kappa shape index (κ2) is 6.62. The number of nitrogens with zero attached hydrogens (tertiary/aromatic N) is 4. The minimum atomic E-state index is -0.636. The molecule has 4 rings (SSSR count). The molecule has 2 aromatic carbocycles. The normalized spacial score (nSPS) is 11.2. The van der Waals surface area contributed by atoms with E-state index in [-0.39, 0.29) is 6.42 Å². The van der Waals surface area contributed by atoms with E-state index in [1.54, 1.807) is 29.8 Å². The Morgan fingerprint density at radius 2 is 1.88 bits per heavy atom. The topological polar surface area (TPSA) is 52.3 Å². The molecule has 0 bridgehead atoms. The quantitative estimate of drug-likeness (QED) is 0.517. The lowest BCUT2D eigenvalue weighted by atomic mass is 10.1. The molecule has 2 heterocycles. The first-order valence-electron chi connectivity index (χ1n) is 7.53. The second-order valence-electron chi connectivity index (χ2n) is 5.52. The van der Waals surface area contributed by atoms with E-state index in [1.807, 2.05) is 0 Å². The fourth-order valence-electron chi connectivity index (χ4n) is 2.62. The Hall–Kier alpha value is -2.58. The van der Waals surface area contributed by atoms with E-state index in [9.17, 15) is 8.78 Å². The van der Waals surface area contributed by atoms with E-state index in [1.165, 1.54) is 23.5 Å². The smallest absolute Gasteiger partial charge is 0.234 e. The molecule has 0 saturated heterocycles. The highest BCUT2D eigenvalue weighted by Crippen LogP contribution is 2.35. The lowest BCUT2D eigenvalue weighted by molar-refractivity contribution is 0.416. The van der Waals surface area contributed by atoms with Gasteiger partial charge in [0.05, 0.1) is 12.7 Å². The molecule has 0 saturated carbocycles. The summed E-state index contributed by atoms with van der Waals surface area (Å²) in [6.45, 7) is 0. The highest BCUT2D eigenvalue weighted by molar-refractivity contribution is 7.19. The Labute approximate surface area is 155 Å². The summed E-state index contributed by atoms with van der Waals surface area (Å²) in [5.74, 6) is -0.159. The summed E-state index contributed by atoms with van der Waals surface area (Å²) in [6.07, 6.45) is 0.200. The minimum Gasteiger partial charge on any atom is -0.496 e. The lowest BCUT2D eigenvalue weighted by Gasteiger charge is -2.05. The summed E-state index contributed by atoms with van der Waals surface area (Å²) in [5.41, 5.74) is 1.19. The zero-order chi connectivity index (χ0) is 18.3. The third-order valence-corrected chi connectivity index (χ3v) is 4.90. The van der Waals surface area contributed by atoms with Crippen LogP contribution in [0.1, 0.15) is 11.4 Å². The predicted molar refractivity (Wildman–Crippen MR) is 94.8 cm³/mol. The standard InChI is InChI=1S/C17H11ClF2N4OS/c1-25-14-3-2-10(18)7-13(14)16-23-24-15(21-22-17(24)26-16)6-9-4-11(19)8-12(20)5-9/h2-5,7-8H,6H2,1H3. The molecule has 0 amide bonds. The molecule has 5 nitrogen and oxygen atoms in total. The van der Waals surface area contributed by atoms with Gasteiger partial charge in [0.2, 0.25) is 4.96 Å². The van der Waals surface area contributed by atoms with Crippen LogP contribution in [0.4, 0.5) is 8.78 Å². The Balaban J connectivity index is 1.75. The van der Waals surface area contributed by atoms with Crippen molar-refractivity contribution in [3.63, 3.8) is 0 Å². The van der Waals surface area contributed by atoms with Crippen molar-refractivity contribution in [2.75, 3.05) is 7.11 Å². The van der Waals surface area contributed by atoms with Crippen LogP contribution in [-0.2, 0) is 6.42 Å². The van der Waals surface area contributed by atoms with Gasteiger partial charge in [-0.15, -0.1) is 10.2 Å². The number of aromatic nitrogens is 4. The Morgan fingerprint density at radius 1 is 1.12 bits per heavy atom. The third kappa shape index (κ3) is 3.13. The van der Waals surface area contributed by atoms with Crippen molar-refractivity contribution in [3.8, 4) is 16.3 Å². The lowest BCUT2D eigenvalue weighted by Crippen LogP contribution is -1.99. The van der Waals surface area contributed by atoms with Gasteiger partial charge in [0.15, 0.2) is 10.8 Å². The maximum Gasteiger partial charge on any atom is 0.234 e. The Kier molecular flexibility index (Phi) is 4.29. The van der Waals surface area contributed by atoms with Crippen molar-refractivity contribution in [2.24, 2.45) is 0 Å². The van der Waals surface area contributed by atoms with Crippen LogP contribution in [0.2, 0.25) is 5.02 Å². The molecule has 26 heavy (non-hydrogen) atoms. The van der Waals surface area contributed by atoms with E-state index in [4.69, 9.17) is 16.3 Å². The molecule has 0 aliphatic rings. The van der Waals surface area contributed by atoms with Crippen molar-refractivity contribution in [3.05, 3.63) is 64.4 Å². The molecule has 4 aromatic rings. The fourth-order valence-corrected chi connectivity index (χ4v) is 3.67. The van der Waals surface area contributed by atoms with Gasteiger partial charge in [0, 0.05) is 17.5 Å². The van der Waals surface area contributed by atoms with Crippen LogP contribution in [0.3, 0.4) is 0 Å². The van der Waals surface area contributed by atoms with Crippen LogP contribution in [0, 0.1) is 11.6 Å². The van der Waals surface area contributed by atoms with E-state index < -0.39 is 11.6 Å².